The summed E-state index contributed by atoms with van der Waals surface area (Å²) in [5.41, 5.74) is 5.20. The van der Waals surface area contributed by atoms with Crippen LogP contribution in [-0.4, -0.2) is 173 Å². The molecular formula is C22H44Br2Cl2N8O9. The zero-order chi connectivity index (χ0) is 33.5. The molecule has 43 heavy (non-hydrogen) atoms. The highest BCUT2D eigenvalue weighted by Crippen LogP contribution is 2.13. The Labute approximate surface area is 276 Å². The lowest BCUT2D eigenvalue weighted by Gasteiger charge is -2.26. The molecule has 0 bridgehead atoms. The molecule has 0 aliphatic heterocycles. The molecule has 0 aliphatic carbocycles. The quantitative estimate of drug-likeness (QED) is 0.0296. The van der Waals surface area contributed by atoms with Gasteiger partial charge in [-0.25, -0.2) is 4.98 Å². The molecule has 254 valence electrons. The summed E-state index contributed by atoms with van der Waals surface area (Å²) in [6, 6.07) is 0. The van der Waals surface area contributed by atoms with E-state index in [9.17, 15) is 35.4 Å². The molecule has 1 amide bonds. The number of nitrogens with two attached hydrogens (primary N) is 1. The van der Waals surface area contributed by atoms with Crippen molar-refractivity contribution >= 4 is 66.8 Å². The van der Waals surface area contributed by atoms with E-state index in [-0.39, 0.29) is 35.3 Å². The van der Waals surface area contributed by atoms with Crippen molar-refractivity contribution in [3.63, 3.8) is 0 Å². The highest BCUT2D eigenvalue weighted by molar-refractivity contribution is 9.09. The maximum absolute atomic E-state index is 10.8. The third-order valence-electron chi connectivity index (χ3n) is 5.03. The SMILES string of the molecule is CN(C)N=Nc1nc[nH]c1C(N)=O.O[C@@H]([C@H](O)[C@H](O)CBr)[C@H](O)CBr.O[C@@H]([C@H](O)[C@H](O)CNCCCl)[C@H](O)CNCCCl. The first kappa shape index (κ1) is 44.3. The largest absolute Gasteiger partial charge is 0.389 e. The predicted octanol–water partition coefficient (Wildman–Crippen LogP) is -2.62. The maximum Gasteiger partial charge on any atom is 0.269 e. The number of aliphatic hydroxyl groups excluding tert-OH is 8. The van der Waals surface area contributed by atoms with Gasteiger partial charge in [0.25, 0.3) is 5.91 Å². The number of carbonyl (C=O) groups is 1. The summed E-state index contributed by atoms with van der Waals surface area (Å²) >= 11 is 16.7. The zero-order valence-electron chi connectivity index (χ0n) is 23.7. The number of aromatic nitrogens is 2. The molecule has 1 aromatic heterocycles. The first-order valence-electron chi connectivity index (χ1n) is 12.7. The zero-order valence-corrected chi connectivity index (χ0v) is 28.4. The molecule has 0 aliphatic rings. The summed E-state index contributed by atoms with van der Waals surface area (Å²) in [4.78, 5) is 17.1. The third kappa shape index (κ3) is 20.1. The van der Waals surface area contributed by atoms with Crippen LogP contribution in [0.25, 0.3) is 0 Å². The van der Waals surface area contributed by atoms with Crippen molar-refractivity contribution in [1.29, 1.82) is 0 Å². The van der Waals surface area contributed by atoms with Crippen molar-refractivity contribution < 1.29 is 45.6 Å². The van der Waals surface area contributed by atoms with Gasteiger partial charge in [0.1, 0.15) is 24.4 Å². The first-order chi connectivity index (χ1) is 20.2. The fraction of sp³-hybridized carbons (Fsp3) is 0.818. The second-order valence-corrected chi connectivity index (χ2v) is 10.9. The minimum absolute atomic E-state index is 0.0901. The van der Waals surface area contributed by atoms with E-state index in [0.717, 1.165) is 0 Å². The van der Waals surface area contributed by atoms with E-state index in [2.05, 4.69) is 62.8 Å². The van der Waals surface area contributed by atoms with Crippen LogP contribution in [0.15, 0.2) is 16.7 Å². The van der Waals surface area contributed by atoms with E-state index >= 15 is 0 Å². The molecule has 0 aromatic carbocycles. The van der Waals surface area contributed by atoms with Gasteiger partial charge in [-0.2, -0.15) is 0 Å². The van der Waals surface area contributed by atoms with Gasteiger partial charge in [0, 0.05) is 62.7 Å². The Morgan fingerprint density at radius 3 is 1.60 bits per heavy atom. The summed E-state index contributed by atoms with van der Waals surface area (Å²) in [5, 5.41) is 89.6. The Morgan fingerprint density at radius 1 is 0.884 bits per heavy atom. The molecule has 1 rings (SSSR count). The molecule has 0 radical (unpaired) electrons. The molecule has 0 saturated carbocycles. The van der Waals surface area contributed by atoms with Crippen LogP contribution in [0.1, 0.15) is 10.5 Å². The van der Waals surface area contributed by atoms with Gasteiger partial charge in [-0.05, 0) is 0 Å². The lowest BCUT2D eigenvalue weighted by atomic mass is 10.0. The van der Waals surface area contributed by atoms with Crippen molar-refractivity contribution in [2.75, 3.05) is 62.7 Å². The topological polar surface area (TPSA) is 286 Å². The Morgan fingerprint density at radius 2 is 1.28 bits per heavy atom. The van der Waals surface area contributed by atoms with Crippen LogP contribution in [0.5, 0.6) is 0 Å². The Hall–Kier alpha value is -0.780. The molecule has 0 spiro atoms. The number of alkyl halides is 4. The number of nitrogens with one attached hydrogen (secondary N) is 3. The smallest absolute Gasteiger partial charge is 0.269 e. The predicted molar refractivity (Wildman–Crippen MR) is 168 cm³/mol. The van der Waals surface area contributed by atoms with Gasteiger partial charge >= 0.3 is 0 Å². The van der Waals surface area contributed by atoms with Gasteiger partial charge in [0.15, 0.2) is 5.69 Å². The van der Waals surface area contributed by atoms with Gasteiger partial charge in [0.05, 0.1) is 30.7 Å². The van der Waals surface area contributed by atoms with Gasteiger partial charge in [-0.3, -0.25) is 9.80 Å². The van der Waals surface area contributed by atoms with Crippen molar-refractivity contribution in [1.82, 2.24) is 25.6 Å². The number of aliphatic hydroxyl groups is 8. The average molecular weight is 795 g/mol. The molecule has 0 saturated heterocycles. The number of rotatable bonds is 19. The summed E-state index contributed by atoms with van der Waals surface area (Å²) in [7, 11) is 3.42. The lowest BCUT2D eigenvalue weighted by molar-refractivity contribution is -0.102. The van der Waals surface area contributed by atoms with Crippen molar-refractivity contribution in [2.24, 2.45) is 16.1 Å². The minimum Gasteiger partial charge on any atom is -0.389 e. The second-order valence-electron chi connectivity index (χ2n) is 8.83. The molecule has 13 N–H and O–H groups in total. The number of hydrogen-bond donors (Lipinski definition) is 12. The number of halogens is 4. The molecule has 1 aromatic rings. The molecule has 1 heterocycles. The highest BCUT2D eigenvalue weighted by Gasteiger charge is 2.30. The standard InChI is InChI=1S/C10H22Cl2N2O4.C6H12Br2O4.C6H10N6O/c11-1-3-13-5-7(15)9(17)10(18)8(16)6-14-4-2-12;7-1-3(9)5(11)6(12)4(10)2-8;1-12(2)11-10-6-4(5(7)13)8-3-9-6/h7-10,13-18H,1-6H2;3-6,9-12H,1-2H2;3H,1-2H3,(H2,7,13)(H,8,9)/t7-,8-,9-,10-;3-,4-,5-,6-;/m11./s1. The fourth-order valence-corrected chi connectivity index (χ4v) is 3.68. The summed E-state index contributed by atoms with van der Waals surface area (Å²) in [5.74, 6) is 0.360. The van der Waals surface area contributed by atoms with Gasteiger partial charge in [0.2, 0.25) is 5.82 Å². The van der Waals surface area contributed by atoms with E-state index in [1.165, 1.54) is 11.3 Å². The van der Waals surface area contributed by atoms with E-state index in [0.29, 0.717) is 24.8 Å². The summed E-state index contributed by atoms with van der Waals surface area (Å²) < 4.78 is 0. The molecular weight excluding hydrogens is 751 g/mol. The Balaban J connectivity index is 0. The van der Waals surface area contributed by atoms with Crippen LogP contribution in [0.2, 0.25) is 0 Å². The van der Waals surface area contributed by atoms with Crippen LogP contribution < -0.4 is 16.4 Å². The van der Waals surface area contributed by atoms with Gasteiger partial charge in [-0.1, -0.05) is 37.1 Å². The minimum atomic E-state index is -1.43. The van der Waals surface area contributed by atoms with Gasteiger partial charge < -0.3 is 62.2 Å². The number of aromatic amines is 1. The molecule has 17 nitrogen and oxygen atoms in total. The molecule has 0 fully saturated rings. The Bertz CT molecular complexity index is 835. The number of imidazole rings is 1. The molecule has 0 unspecified atom stereocenters. The Kier molecular flexibility index (Phi) is 27.3. The van der Waals surface area contributed by atoms with E-state index in [1.54, 1.807) is 14.1 Å². The van der Waals surface area contributed by atoms with Crippen molar-refractivity contribution in [3.05, 3.63) is 12.0 Å². The van der Waals surface area contributed by atoms with Gasteiger partial charge in [-0.15, -0.1) is 28.3 Å². The van der Waals surface area contributed by atoms with Crippen LogP contribution >= 0.6 is 55.1 Å². The third-order valence-corrected chi connectivity index (χ3v) is 6.73. The fourth-order valence-electron chi connectivity index (χ4n) is 2.64. The van der Waals surface area contributed by atoms with Crippen LogP contribution in [0.4, 0.5) is 5.82 Å². The number of carbonyl (C=O) groups excluding carboxylic acids is 1. The van der Waals surface area contributed by atoms with Crippen LogP contribution in [0, 0.1) is 0 Å². The monoisotopic (exact) mass is 792 g/mol. The summed E-state index contributed by atoms with van der Waals surface area (Å²) in [6.45, 7) is 1.15. The van der Waals surface area contributed by atoms with Crippen LogP contribution in [-0.2, 0) is 0 Å². The van der Waals surface area contributed by atoms with E-state index < -0.39 is 54.7 Å². The number of hydrogen-bond acceptors (Lipinski definition) is 14. The van der Waals surface area contributed by atoms with Crippen molar-refractivity contribution in [3.8, 4) is 0 Å². The highest BCUT2D eigenvalue weighted by atomic mass is 79.9. The van der Waals surface area contributed by atoms with E-state index in [4.69, 9.17) is 39.1 Å². The summed E-state index contributed by atoms with van der Waals surface area (Å²) in [6.07, 6.45) is -8.70. The number of H-pyrrole nitrogens is 1. The normalized spacial score (nSPS) is 16.9. The number of primary amides is 1. The second kappa shape index (κ2) is 26.4. The van der Waals surface area contributed by atoms with E-state index in [1.807, 2.05) is 0 Å². The lowest BCUT2D eigenvalue weighted by Crippen LogP contribution is -2.50. The maximum atomic E-state index is 10.8. The number of amides is 1. The number of nitrogens with zero attached hydrogens (tertiary/aromatic N) is 4. The van der Waals surface area contributed by atoms with Crippen molar-refractivity contribution in [2.45, 2.75) is 48.8 Å². The molecule has 21 heteroatoms. The van der Waals surface area contributed by atoms with Crippen LogP contribution in [0.3, 0.4) is 0 Å². The molecule has 8 atom stereocenters. The average Bonchev–Trinajstić information content (AvgIpc) is 3.47. The first-order valence-corrected chi connectivity index (χ1v) is 16.0.